The summed E-state index contributed by atoms with van der Waals surface area (Å²) in [5, 5.41) is 16.1. The maximum Gasteiger partial charge on any atom is 0.387 e. The number of thiocarbonyl (C=S) groups is 1. The van der Waals surface area contributed by atoms with E-state index in [1.54, 1.807) is 12.1 Å². The van der Waals surface area contributed by atoms with Crippen LogP contribution in [0.4, 0.5) is 14.5 Å². The van der Waals surface area contributed by atoms with Crippen LogP contribution in [0.15, 0.2) is 54.6 Å². The fourth-order valence-corrected chi connectivity index (χ4v) is 2.08. The number of hydrogen-bond acceptors (Lipinski definition) is 3. The van der Waals surface area contributed by atoms with Crippen LogP contribution in [0.5, 0.6) is 5.75 Å². The van der Waals surface area contributed by atoms with Gasteiger partial charge >= 0.3 is 6.61 Å². The fourth-order valence-electron chi connectivity index (χ4n) is 1.88. The molecule has 0 bridgehead atoms. The molecular formula is C16H16F2N2O2S. The molecule has 0 unspecified atom stereocenters. The van der Waals surface area contributed by atoms with Crippen LogP contribution in [-0.2, 0) is 0 Å². The van der Waals surface area contributed by atoms with Crippen LogP contribution < -0.4 is 15.4 Å². The standard InChI is InChI=1S/C16H16F2N2O2S/c17-15(18)22-13-8-6-12(7-9-13)20-16(23)19-10-14(21)11-4-2-1-3-5-11/h1-9,14-15,21H,10H2,(H2,19,20,23)/t14-/m0/s1. The Balaban J connectivity index is 1.80. The molecule has 0 saturated heterocycles. The van der Waals surface area contributed by atoms with E-state index in [0.717, 1.165) is 5.56 Å². The molecule has 2 aromatic rings. The van der Waals surface area contributed by atoms with Gasteiger partial charge in [-0.1, -0.05) is 30.3 Å². The largest absolute Gasteiger partial charge is 0.435 e. The summed E-state index contributed by atoms with van der Waals surface area (Å²) in [4.78, 5) is 0. The minimum absolute atomic E-state index is 0.0731. The first-order chi connectivity index (χ1) is 11.0. The highest BCUT2D eigenvalue weighted by Crippen LogP contribution is 2.17. The van der Waals surface area contributed by atoms with E-state index in [0.29, 0.717) is 10.8 Å². The third kappa shape index (κ3) is 5.80. The highest BCUT2D eigenvalue weighted by molar-refractivity contribution is 7.80. The summed E-state index contributed by atoms with van der Waals surface area (Å²) in [6.45, 7) is -2.60. The summed E-state index contributed by atoms with van der Waals surface area (Å²) >= 11 is 5.12. The molecule has 0 aromatic heterocycles. The molecule has 0 aliphatic carbocycles. The van der Waals surface area contributed by atoms with Gasteiger partial charge in [-0.05, 0) is 42.0 Å². The Morgan fingerprint density at radius 2 is 1.74 bits per heavy atom. The van der Waals surface area contributed by atoms with E-state index in [-0.39, 0.29) is 12.3 Å². The van der Waals surface area contributed by atoms with Crippen LogP contribution in [0.25, 0.3) is 0 Å². The summed E-state index contributed by atoms with van der Waals surface area (Å²) in [7, 11) is 0. The van der Waals surface area contributed by atoms with Crippen LogP contribution in [-0.4, -0.2) is 23.4 Å². The predicted octanol–water partition coefficient (Wildman–Crippen LogP) is 3.31. The molecule has 0 amide bonds. The Bertz CT molecular complexity index is 624. The lowest BCUT2D eigenvalue weighted by atomic mass is 10.1. The van der Waals surface area contributed by atoms with Gasteiger partial charge in [0.15, 0.2) is 5.11 Å². The third-order valence-corrected chi connectivity index (χ3v) is 3.22. The van der Waals surface area contributed by atoms with E-state index in [1.165, 1.54) is 12.1 Å². The maximum absolute atomic E-state index is 12.1. The van der Waals surface area contributed by atoms with Gasteiger partial charge in [-0.3, -0.25) is 0 Å². The van der Waals surface area contributed by atoms with Crippen LogP contribution >= 0.6 is 12.2 Å². The second-order valence-electron chi connectivity index (χ2n) is 4.66. The van der Waals surface area contributed by atoms with Crippen LogP contribution in [0, 0.1) is 0 Å². The van der Waals surface area contributed by atoms with Crippen molar-refractivity contribution in [1.82, 2.24) is 5.32 Å². The van der Waals surface area contributed by atoms with Crippen LogP contribution in [0.3, 0.4) is 0 Å². The Hall–Kier alpha value is -2.25. The molecule has 0 heterocycles. The van der Waals surface area contributed by atoms with Crippen molar-refractivity contribution in [2.24, 2.45) is 0 Å². The Labute approximate surface area is 138 Å². The average molecular weight is 338 g/mol. The van der Waals surface area contributed by atoms with Crippen molar-refractivity contribution in [1.29, 1.82) is 0 Å². The predicted molar refractivity (Wildman–Crippen MR) is 88.7 cm³/mol. The van der Waals surface area contributed by atoms with Crippen molar-refractivity contribution in [2.75, 3.05) is 11.9 Å². The number of alkyl halides is 2. The van der Waals surface area contributed by atoms with Gasteiger partial charge in [-0.15, -0.1) is 0 Å². The van der Waals surface area contributed by atoms with Crippen molar-refractivity contribution in [3.8, 4) is 5.75 Å². The van der Waals surface area contributed by atoms with E-state index < -0.39 is 12.7 Å². The Kier molecular flexibility index (Phi) is 6.25. The smallest absolute Gasteiger partial charge is 0.387 e. The van der Waals surface area contributed by atoms with Gasteiger partial charge in [0.1, 0.15) is 5.75 Å². The van der Waals surface area contributed by atoms with Gasteiger partial charge in [0.25, 0.3) is 0 Å². The Morgan fingerprint density at radius 1 is 1.09 bits per heavy atom. The zero-order valence-corrected chi connectivity index (χ0v) is 12.9. The molecule has 2 rings (SSSR count). The van der Waals surface area contributed by atoms with E-state index in [1.807, 2.05) is 30.3 Å². The molecule has 4 nitrogen and oxygen atoms in total. The van der Waals surface area contributed by atoms with E-state index in [2.05, 4.69) is 15.4 Å². The van der Waals surface area contributed by atoms with Crippen molar-refractivity contribution in [3.05, 3.63) is 60.2 Å². The molecule has 1 atom stereocenters. The van der Waals surface area contributed by atoms with Gasteiger partial charge in [-0.25, -0.2) is 0 Å². The van der Waals surface area contributed by atoms with Gasteiger partial charge < -0.3 is 20.5 Å². The van der Waals surface area contributed by atoms with Crippen molar-refractivity contribution in [2.45, 2.75) is 12.7 Å². The molecular weight excluding hydrogens is 322 g/mol. The first-order valence-electron chi connectivity index (χ1n) is 6.87. The summed E-state index contributed by atoms with van der Waals surface area (Å²) < 4.78 is 28.4. The van der Waals surface area contributed by atoms with Gasteiger partial charge in [0.05, 0.1) is 6.10 Å². The first kappa shape index (κ1) is 17.1. The fraction of sp³-hybridized carbons (Fsp3) is 0.188. The number of hydrogen-bond donors (Lipinski definition) is 3. The number of aliphatic hydroxyl groups is 1. The van der Waals surface area contributed by atoms with Gasteiger partial charge in [0, 0.05) is 12.2 Å². The number of rotatable bonds is 6. The minimum Gasteiger partial charge on any atom is -0.435 e. The van der Waals surface area contributed by atoms with E-state index in [4.69, 9.17) is 12.2 Å². The molecule has 7 heteroatoms. The number of halogens is 2. The molecule has 0 fully saturated rings. The van der Waals surface area contributed by atoms with Gasteiger partial charge in [0.2, 0.25) is 0 Å². The minimum atomic E-state index is -2.85. The molecule has 0 aliphatic heterocycles. The quantitative estimate of drug-likeness (QED) is 0.706. The second kappa shape index (κ2) is 8.40. The monoisotopic (exact) mass is 338 g/mol. The lowest BCUT2D eigenvalue weighted by molar-refractivity contribution is -0.0498. The topological polar surface area (TPSA) is 53.5 Å². The summed E-state index contributed by atoms with van der Waals surface area (Å²) in [6.07, 6.45) is -0.683. The second-order valence-corrected chi connectivity index (χ2v) is 5.07. The third-order valence-electron chi connectivity index (χ3n) is 2.98. The molecule has 122 valence electrons. The Morgan fingerprint density at radius 3 is 2.35 bits per heavy atom. The SMILES string of the molecule is O[C@@H](CNC(=S)Nc1ccc(OC(F)F)cc1)c1ccccc1. The number of ether oxygens (including phenoxy) is 1. The van der Waals surface area contributed by atoms with Crippen molar-refractivity contribution in [3.63, 3.8) is 0 Å². The molecule has 0 saturated carbocycles. The number of benzene rings is 2. The van der Waals surface area contributed by atoms with E-state index >= 15 is 0 Å². The summed E-state index contributed by atoms with van der Waals surface area (Å²) in [5.41, 5.74) is 1.41. The highest BCUT2D eigenvalue weighted by atomic mass is 32.1. The maximum atomic E-state index is 12.1. The lowest BCUT2D eigenvalue weighted by Crippen LogP contribution is -2.32. The molecule has 3 N–H and O–H groups in total. The number of aliphatic hydroxyl groups excluding tert-OH is 1. The average Bonchev–Trinajstić information content (AvgIpc) is 2.55. The van der Waals surface area contributed by atoms with E-state index in [9.17, 15) is 13.9 Å². The molecule has 0 spiro atoms. The molecule has 0 aliphatic rings. The van der Waals surface area contributed by atoms with Crippen molar-refractivity contribution >= 4 is 23.0 Å². The highest BCUT2D eigenvalue weighted by Gasteiger charge is 2.08. The number of anilines is 1. The van der Waals surface area contributed by atoms with Crippen LogP contribution in [0.1, 0.15) is 11.7 Å². The molecule has 2 aromatic carbocycles. The molecule has 23 heavy (non-hydrogen) atoms. The number of nitrogens with one attached hydrogen (secondary N) is 2. The zero-order valence-electron chi connectivity index (χ0n) is 12.1. The zero-order chi connectivity index (χ0) is 16.7. The lowest BCUT2D eigenvalue weighted by Gasteiger charge is -2.15. The van der Waals surface area contributed by atoms with Crippen molar-refractivity contribution < 1.29 is 18.6 Å². The molecule has 0 radical (unpaired) electrons. The first-order valence-corrected chi connectivity index (χ1v) is 7.28. The normalized spacial score (nSPS) is 11.8. The summed E-state index contributed by atoms with van der Waals surface area (Å²) in [5.74, 6) is 0.0731. The van der Waals surface area contributed by atoms with Crippen LogP contribution in [0.2, 0.25) is 0 Å². The van der Waals surface area contributed by atoms with Gasteiger partial charge in [-0.2, -0.15) is 8.78 Å². The summed E-state index contributed by atoms with van der Waals surface area (Å²) in [6, 6.07) is 15.2.